The molecule has 20 heavy (non-hydrogen) atoms. The minimum Gasteiger partial charge on any atom is -0.497 e. The number of nitrogens with zero attached hydrogens (tertiary/aromatic N) is 2. The lowest BCUT2D eigenvalue weighted by molar-refractivity contribution is 0.112. The molecule has 0 atom stereocenters. The first-order valence-corrected chi connectivity index (χ1v) is 7.22. The van der Waals surface area contributed by atoms with Gasteiger partial charge in [0.15, 0.2) is 11.4 Å². The first-order valence-electron chi connectivity index (χ1n) is 6.00. The Hall–Kier alpha value is -2.08. The van der Waals surface area contributed by atoms with Crippen LogP contribution >= 0.6 is 11.8 Å². The van der Waals surface area contributed by atoms with Crippen molar-refractivity contribution in [2.45, 2.75) is 11.7 Å². The standard InChI is InChI=1S/C14H15N3O2S/c1-19-12-5-3-10(4-6-12)7-15-13-11(9-18)8-16-14(17-13)20-2/h3-6,8-9H,7H2,1-2H3,(H,15,16,17). The maximum atomic E-state index is 11.0. The summed E-state index contributed by atoms with van der Waals surface area (Å²) in [5.41, 5.74) is 1.53. The molecule has 0 saturated heterocycles. The van der Waals surface area contributed by atoms with Crippen LogP contribution in [0, 0.1) is 0 Å². The van der Waals surface area contributed by atoms with Crippen LogP contribution in [0.3, 0.4) is 0 Å². The number of rotatable bonds is 6. The normalized spacial score (nSPS) is 10.1. The Morgan fingerprint density at radius 2 is 2.10 bits per heavy atom. The highest BCUT2D eigenvalue weighted by atomic mass is 32.2. The van der Waals surface area contributed by atoms with Crippen molar-refractivity contribution in [3.63, 3.8) is 0 Å². The Kier molecular flexibility index (Phi) is 4.95. The Labute approximate surface area is 121 Å². The molecule has 2 rings (SSSR count). The molecule has 2 aromatic rings. The highest BCUT2D eigenvalue weighted by molar-refractivity contribution is 7.98. The van der Waals surface area contributed by atoms with Crippen molar-refractivity contribution in [1.29, 1.82) is 0 Å². The van der Waals surface area contributed by atoms with E-state index in [1.165, 1.54) is 18.0 Å². The van der Waals surface area contributed by atoms with Crippen LogP contribution in [0.5, 0.6) is 5.75 Å². The van der Waals surface area contributed by atoms with Gasteiger partial charge in [0.1, 0.15) is 11.6 Å². The molecule has 0 radical (unpaired) electrons. The second-order valence-corrected chi connectivity index (χ2v) is 4.75. The van der Waals surface area contributed by atoms with Gasteiger partial charge in [-0.05, 0) is 24.0 Å². The zero-order valence-electron chi connectivity index (χ0n) is 11.3. The smallest absolute Gasteiger partial charge is 0.189 e. The van der Waals surface area contributed by atoms with Crippen molar-refractivity contribution in [2.75, 3.05) is 18.7 Å². The topological polar surface area (TPSA) is 64.1 Å². The fraction of sp³-hybridized carbons (Fsp3) is 0.214. The molecule has 0 amide bonds. The summed E-state index contributed by atoms with van der Waals surface area (Å²) >= 11 is 1.43. The van der Waals surface area contributed by atoms with Crippen LogP contribution in [0.4, 0.5) is 5.82 Å². The highest BCUT2D eigenvalue weighted by Crippen LogP contribution is 2.17. The number of aldehydes is 1. The van der Waals surface area contributed by atoms with Crippen LogP contribution in [0.1, 0.15) is 15.9 Å². The van der Waals surface area contributed by atoms with E-state index in [2.05, 4.69) is 15.3 Å². The number of anilines is 1. The molecule has 104 valence electrons. The number of hydrogen-bond donors (Lipinski definition) is 1. The molecule has 1 aromatic carbocycles. The third-order valence-electron chi connectivity index (χ3n) is 2.72. The molecule has 0 unspecified atom stereocenters. The van der Waals surface area contributed by atoms with Gasteiger partial charge in [-0.3, -0.25) is 4.79 Å². The average Bonchev–Trinajstić information content (AvgIpc) is 2.53. The van der Waals surface area contributed by atoms with Crippen molar-refractivity contribution in [3.8, 4) is 5.75 Å². The molecule has 1 N–H and O–H groups in total. The predicted molar refractivity (Wildman–Crippen MR) is 79.5 cm³/mol. The van der Waals surface area contributed by atoms with Gasteiger partial charge in [-0.1, -0.05) is 23.9 Å². The highest BCUT2D eigenvalue weighted by Gasteiger charge is 2.06. The van der Waals surface area contributed by atoms with Gasteiger partial charge < -0.3 is 10.1 Å². The van der Waals surface area contributed by atoms with Gasteiger partial charge in [0.2, 0.25) is 0 Å². The van der Waals surface area contributed by atoms with Gasteiger partial charge in [-0.2, -0.15) is 0 Å². The van der Waals surface area contributed by atoms with Gasteiger partial charge in [0.25, 0.3) is 0 Å². The molecule has 0 saturated carbocycles. The Bertz CT molecular complexity index is 587. The number of benzene rings is 1. The summed E-state index contributed by atoms with van der Waals surface area (Å²) < 4.78 is 5.11. The van der Waals surface area contributed by atoms with E-state index in [9.17, 15) is 4.79 Å². The van der Waals surface area contributed by atoms with E-state index in [1.807, 2.05) is 30.5 Å². The number of ether oxygens (including phenoxy) is 1. The zero-order valence-corrected chi connectivity index (χ0v) is 12.1. The van der Waals surface area contributed by atoms with Gasteiger partial charge in [-0.25, -0.2) is 9.97 Å². The zero-order chi connectivity index (χ0) is 14.4. The van der Waals surface area contributed by atoms with Crippen LogP contribution in [-0.2, 0) is 6.54 Å². The lowest BCUT2D eigenvalue weighted by Crippen LogP contribution is -2.06. The largest absolute Gasteiger partial charge is 0.497 e. The number of hydrogen-bond acceptors (Lipinski definition) is 6. The monoisotopic (exact) mass is 289 g/mol. The summed E-state index contributed by atoms with van der Waals surface area (Å²) in [6, 6.07) is 7.71. The van der Waals surface area contributed by atoms with E-state index in [4.69, 9.17) is 4.74 Å². The fourth-order valence-corrected chi connectivity index (χ4v) is 1.97. The first-order chi connectivity index (χ1) is 9.76. The van der Waals surface area contributed by atoms with E-state index in [-0.39, 0.29) is 0 Å². The molecule has 1 heterocycles. The number of carbonyl (C=O) groups excluding carboxylic acids is 1. The lowest BCUT2D eigenvalue weighted by Gasteiger charge is -2.09. The van der Waals surface area contributed by atoms with Crippen molar-refractivity contribution in [2.24, 2.45) is 0 Å². The summed E-state index contributed by atoms with van der Waals surface area (Å²) in [4.78, 5) is 19.3. The van der Waals surface area contributed by atoms with Crippen LogP contribution in [0.2, 0.25) is 0 Å². The molecule has 0 aliphatic rings. The number of nitrogens with one attached hydrogen (secondary N) is 1. The molecule has 0 spiro atoms. The van der Waals surface area contributed by atoms with Crippen molar-refractivity contribution in [3.05, 3.63) is 41.6 Å². The van der Waals surface area contributed by atoms with Gasteiger partial charge >= 0.3 is 0 Å². The first kappa shape index (κ1) is 14.3. The van der Waals surface area contributed by atoms with Crippen LogP contribution in [0.15, 0.2) is 35.6 Å². The lowest BCUT2D eigenvalue weighted by atomic mass is 10.2. The fourth-order valence-electron chi connectivity index (χ4n) is 1.63. The van der Waals surface area contributed by atoms with Gasteiger partial charge in [0, 0.05) is 12.7 Å². The van der Waals surface area contributed by atoms with Crippen LogP contribution in [0.25, 0.3) is 0 Å². The second-order valence-electron chi connectivity index (χ2n) is 3.98. The molecule has 0 aliphatic heterocycles. The molecular formula is C14H15N3O2S. The molecular weight excluding hydrogens is 274 g/mol. The summed E-state index contributed by atoms with van der Waals surface area (Å²) in [7, 11) is 1.63. The van der Waals surface area contributed by atoms with Crippen molar-refractivity contribution < 1.29 is 9.53 Å². The average molecular weight is 289 g/mol. The SMILES string of the molecule is COc1ccc(CNc2nc(SC)ncc2C=O)cc1. The van der Waals surface area contributed by atoms with Crippen molar-refractivity contribution >= 4 is 23.9 Å². The quantitative estimate of drug-likeness (QED) is 0.501. The molecule has 0 fully saturated rings. The summed E-state index contributed by atoms with van der Waals surface area (Å²) in [5.74, 6) is 1.37. The Morgan fingerprint density at radius 1 is 1.35 bits per heavy atom. The maximum absolute atomic E-state index is 11.0. The van der Waals surface area contributed by atoms with E-state index in [1.54, 1.807) is 7.11 Å². The Morgan fingerprint density at radius 3 is 2.70 bits per heavy atom. The van der Waals surface area contributed by atoms with Gasteiger partial charge in [0.05, 0.1) is 12.7 Å². The number of methoxy groups -OCH3 is 1. The molecule has 6 heteroatoms. The van der Waals surface area contributed by atoms with Gasteiger partial charge in [-0.15, -0.1) is 0 Å². The maximum Gasteiger partial charge on any atom is 0.189 e. The van der Waals surface area contributed by atoms with E-state index in [0.717, 1.165) is 17.6 Å². The third kappa shape index (κ3) is 3.48. The Balaban J connectivity index is 2.10. The van der Waals surface area contributed by atoms with E-state index >= 15 is 0 Å². The number of thioether (sulfide) groups is 1. The van der Waals surface area contributed by atoms with Crippen molar-refractivity contribution in [1.82, 2.24) is 9.97 Å². The molecule has 0 bridgehead atoms. The molecule has 0 aliphatic carbocycles. The number of carbonyl (C=O) groups is 1. The van der Waals surface area contributed by atoms with Crippen LogP contribution < -0.4 is 10.1 Å². The number of aromatic nitrogens is 2. The molecule has 5 nitrogen and oxygen atoms in total. The summed E-state index contributed by atoms with van der Waals surface area (Å²) in [6.07, 6.45) is 4.17. The predicted octanol–water partition coefficient (Wildman–Crippen LogP) is 2.63. The minimum atomic E-state index is 0.455. The van der Waals surface area contributed by atoms with E-state index < -0.39 is 0 Å². The van der Waals surface area contributed by atoms with Crippen LogP contribution in [-0.4, -0.2) is 29.6 Å². The molecule has 1 aromatic heterocycles. The van der Waals surface area contributed by atoms with E-state index in [0.29, 0.717) is 23.1 Å². The summed E-state index contributed by atoms with van der Waals surface area (Å²) in [5, 5.41) is 3.79. The second kappa shape index (κ2) is 6.91. The third-order valence-corrected chi connectivity index (χ3v) is 3.29. The summed E-state index contributed by atoms with van der Waals surface area (Å²) in [6.45, 7) is 0.579. The minimum absolute atomic E-state index is 0.455.